The molecule has 4 nitrogen and oxygen atoms in total. The topological polar surface area (TPSA) is 47.6 Å². The first kappa shape index (κ1) is 15.3. The van der Waals surface area contributed by atoms with Crippen LogP contribution in [0.15, 0.2) is 30.0 Å². The Morgan fingerprint density at radius 3 is 2.95 bits per heavy atom. The van der Waals surface area contributed by atoms with E-state index in [0.29, 0.717) is 37.2 Å². The summed E-state index contributed by atoms with van der Waals surface area (Å²) in [6.45, 7) is 1.17. The van der Waals surface area contributed by atoms with Gasteiger partial charge in [-0.05, 0) is 37.0 Å². The van der Waals surface area contributed by atoms with E-state index in [1.54, 1.807) is 6.07 Å². The third kappa shape index (κ3) is 3.25. The van der Waals surface area contributed by atoms with Crippen LogP contribution in [0.2, 0.25) is 5.02 Å². The van der Waals surface area contributed by atoms with Gasteiger partial charge in [0.25, 0.3) is 5.91 Å². The number of rotatable bonds is 3. The van der Waals surface area contributed by atoms with E-state index in [2.05, 4.69) is 5.32 Å². The molecule has 2 heterocycles. The highest BCUT2D eigenvalue weighted by molar-refractivity contribution is 6.30. The van der Waals surface area contributed by atoms with Crippen LogP contribution in [0.4, 0.5) is 4.39 Å². The summed E-state index contributed by atoms with van der Waals surface area (Å²) < 4.78 is 24.5. The second-order valence-corrected chi connectivity index (χ2v) is 5.86. The fraction of sp³-hybridized carbons (Fsp3) is 0.438. The molecule has 0 bridgehead atoms. The lowest BCUT2D eigenvalue weighted by Crippen LogP contribution is -2.38. The molecule has 0 aliphatic carbocycles. The van der Waals surface area contributed by atoms with Crippen LogP contribution in [0.5, 0.6) is 0 Å². The van der Waals surface area contributed by atoms with Crippen LogP contribution in [0, 0.1) is 5.82 Å². The van der Waals surface area contributed by atoms with E-state index < -0.39 is 5.82 Å². The van der Waals surface area contributed by atoms with Crippen molar-refractivity contribution in [3.63, 3.8) is 0 Å². The van der Waals surface area contributed by atoms with Crippen LogP contribution in [-0.2, 0) is 14.3 Å². The monoisotopic (exact) mass is 325 g/mol. The standard InChI is InChI=1S/C16H17ClFNO3/c17-12-4-3-10(8-13(12)18)15-14(5-7-22-15)19-16(20)11-2-1-6-21-9-11/h3-4,8-9,14-15H,1-2,5-7H2,(H,19,20). The number of carbonyl (C=O) groups is 1. The Hall–Kier alpha value is -1.59. The molecule has 2 unspecified atom stereocenters. The highest BCUT2D eigenvalue weighted by atomic mass is 35.5. The second kappa shape index (κ2) is 6.67. The molecule has 0 saturated carbocycles. The maximum absolute atomic E-state index is 13.6. The number of hydrogen-bond donors (Lipinski definition) is 1. The molecule has 0 spiro atoms. The molecule has 3 rings (SSSR count). The van der Waals surface area contributed by atoms with Crippen LogP contribution in [0.1, 0.15) is 30.9 Å². The van der Waals surface area contributed by atoms with Crippen LogP contribution < -0.4 is 5.32 Å². The Balaban J connectivity index is 1.71. The van der Waals surface area contributed by atoms with Gasteiger partial charge in [0, 0.05) is 6.61 Å². The Kier molecular flexibility index (Phi) is 4.64. The SMILES string of the molecule is O=C(NC1CCOC1c1ccc(Cl)c(F)c1)C1=COCCC1. The highest BCUT2D eigenvalue weighted by Gasteiger charge is 2.32. The van der Waals surface area contributed by atoms with Gasteiger partial charge in [-0.3, -0.25) is 4.79 Å². The Labute approximate surface area is 133 Å². The van der Waals surface area contributed by atoms with E-state index in [1.807, 2.05) is 0 Å². The third-order valence-corrected chi connectivity index (χ3v) is 4.21. The van der Waals surface area contributed by atoms with E-state index in [1.165, 1.54) is 18.4 Å². The Morgan fingerprint density at radius 1 is 1.36 bits per heavy atom. The normalized spacial score (nSPS) is 24.5. The van der Waals surface area contributed by atoms with Crippen molar-refractivity contribution in [2.45, 2.75) is 31.4 Å². The van der Waals surface area contributed by atoms with E-state index >= 15 is 0 Å². The van der Waals surface area contributed by atoms with Crippen LogP contribution in [-0.4, -0.2) is 25.2 Å². The summed E-state index contributed by atoms with van der Waals surface area (Å²) in [7, 11) is 0. The van der Waals surface area contributed by atoms with Crippen molar-refractivity contribution in [2.75, 3.05) is 13.2 Å². The van der Waals surface area contributed by atoms with Gasteiger partial charge in [-0.2, -0.15) is 0 Å². The first-order valence-corrected chi connectivity index (χ1v) is 7.71. The van der Waals surface area contributed by atoms with Crippen molar-refractivity contribution in [2.24, 2.45) is 0 Å². The first-order chi connectivity index (χ1) is 10.6. The third-order valence-electron chi connectivity index (χ3n) is 3.91. The van der Waals surface area contributed by atoms with Gasteiger partial charge in [0.1, 0.15) is 11.9 Å². The van der Waals surface area contributed by atoms with Crippen LogP contribution in [0.3, 0.4) is 0 Å². The van der Waals surface area contributed by atoms with E-state index in [9.17, 15) is 9.18 Å². The molecule has 118 valence electrons. The zero-order valence-electron chi connectivity index (χ0n) is 12.0. The molecule has 2 aliphatic heterocycles. The van der Waals surface area contributed by atoms with E-state index in [0.717, 1.165) is 6.42 Å². The zero-order chi connectivity index (χ0) is 15.5. The summed E-state index contributed by atoms with van der Waals surface area (Å²) in [5.41, 5.74) is 1.32. The summed E-state index contributed by atoms with van der Waals surface area (Å²) in [5.74, 6) is -0.627. The number of nitrogens with one attached hydrogen (secondary N) is 1. The lowest BCUT2D eigenvalue weighted by molar-refractivity contribution is -0.119. The predicted octanol–water partition coefficient (Wildman–Crippen LogP) is 3.12. The molecular weight excluding hydrogens is 309 g/mol. The molecule has 22 heavy (non-hydrogen) atoms. The summed E-state index contributed by atoms with van der Waals surface area (Å²) in [6.07, 6.45) is 3.40. The van der Waals surface area contributed by atoms with Gasteiger partial charge < -0.3 is 14.8 Å². The smallest absolute Gasteiger partial charge is 0.250 e. The minimum Gasteiger partial charge on any atom is -0.501 e. The fourth-order valence-corrected chi connectivity index (χ4v) is 2.87. The van der Waals surface area contributed by atoms with Gasteiger partial charge in [-0.25, -0.2) is 4.39 Å². The molecule has 2 aliphatic rings. The molecule has 1 N–H and O–H groups in total. The quantitative estimate of drug-likeness (QED) is 0.929. The molecule has 6 heteroatoms. The zero-order valence-corrected chi connectivity index (χ0v) is 12.7. The lowest BCUT2D eigenvalue weighted by atomic mass is 10.0. The van der Waals surface area contributed by atoms with Gasteiger partial charge in [-0.15, -0.1) is 0 Å². The highest BCUT2D eigenvalue weighted by Crippen LogP contribution is 2.31. The maximum atomic E-state index is 13.6. The minimum absolute atomic E-state index is 0.0758. The first-order valence-electron chi connectivity index (χ1n) is 7.33. The number of ether oxygens (including phenoxy) is 2. The fourth-order valence-electron chi connectivity index (χ4n) is 2.75. The van der Waals surface area contributed by atoms with E-state index in [-0.39, 0.29) is 23.1 Å². The van der Waals surface area contributed by atoms with Crippen molar-refractivity contribution in [3.05, 3.63) is 46.4 Å². The molecular formula is C16H17ClFNO3. The van der Waals surface area contributed by atoms with Crippen molar-refractivity contribution in [3.8, 4) is 0 Å². The number of carbonyl (C=O) groups excluding carboxylic acids is 1. The van der Waals surface area contributed by atoms with Crippen molar-refractivity contribution < 1.29 is 18.7 Å². The van der Waals surface area contributed by atoms with Gasteiger partial charge in [0.2, 0.25) is 0 Å². The summed E-state index contributed by atoms with van der Waals surface area (Å²) >= 11 is 5.70. The van der Waals surface area contributed by atoms with E-state index in [4.69, 9.17) is 21.1 Å². The average molecular weight is 326 g/mol. The molecule has 1 fully saturated rings. The van der Waals surface area contributed by atoms with Gasteiger partial charge in [0.15, 0.2) is 0 Å². The molecule has 1 saturated heterocycles. The maximum Gasteiger partial charge on any atom is 0.250 e. The second-order valence-electron chi connectivity index (χ2n) is 5.45. The molecule has 1 amide bonds. The summed E-state index contributed by atoms with van der Waals surface area (Å²) in [4.78, 5) is 12.2. The number of amides is 1. The molecule has 1 aromatic rings. The van der Waals surface area contributed by atoms with Gasteiger partial charge in [-0.1, -0.05) is 17.7 Å². The van der Waals surface area contributed by atoms with Crippen LogP contribution in [0.25, 0.3) is 0 Å². The molecule has 0 aromatic heterocycles. The Morgan fingerprint density at radius 2 is 2.23 bits per heavy atom. The van der Waals surface area contributed by atoms with Gasteiger partial charge >= 0.3 is 0 Å². The molecule has 2 atom stereocenters. The molecule has 0 radical (unpaired) electrons. The Bertz CT molecular complexity index is 605. The summed E-state index contributed by atoms with van der Waals surface area (Å²) in [6, 6.07) is 4.41. The predicted molar refractivity (Wildman–Crippen MR) is 79.9 cm³/mol. The number of halogens is 2. The molecule has 1 aromatic carbocycles. The lowest BCUT2D eigenvalue weighted by Gasteiger charge is -2.22. The number of benzene rings is 1. The minimum atomic E-state index is -0.483. The van der Waals surface area contributed by atoms with Crippen LogP contribution >= 0.6 is 11.6 Å². The summed E-state index contributed by atoms with van der Waals surface area (Å²) in [5, 5.41) is 3.04. The number of hydrogen-bond acceptors (Lipinski definition) is 3. The van der Waals surface area contributed by atoms with Crippen molar-refractivity contribution >= 4 is 17.5 Å². The average Bonchev–Trinajstić information content (AvgIpc) is 2.99. The van der Waals surface area contributed by atoms with Gasteiger partial charge in [0.05, 0.1) is 29.5 Å². The van der Waals surface area contributed by atoms with Crippen molar-refractivity contribution in [1.29, 1.82) is 0 Å². The van der Waals surface area contributed by atoms with Crippen molar-refractivity contribution in [1.82, 2.24) is 5.32 Å². The largest absolute Gasteiger partial charge is 0.501 e.